The molecule has 0 fully saturated rings. The van der Waals surface area contributed by atoms with E-state index < -0.39 is 0 Å². The van der Waals surface area contributed by atoms with Crippen LogP contribution < -0.4 is 16.4 Å². The van der Waals surface area contributed by atoms with Gasteiger partial charge >= 0.3 is 0 Å². The number of halogens is 1. The first-order valence-electron chi connectivity index (χ1n) is 8.97. The van der Waals surface area contributed by atoms with Gasteiger partial charge in [-0.2, -0.15) is 0 Å². The number of hydrogen-bond acceptors (Lipinski definition) is 3. The Labute approximate surface area is 177 Å². The van der Waals surface area contributed by atoms with Crippen molar-refractivity contribution < 1.29 is 9.59 Å². The Kier molecular flexibility index (Phi) is 6.81. The number of carbonyl (C=O) groups is 2. The number of para-hydroxylation sites is 2. The molecule has 0 spiro atoms. The van der Waals surface area contributed by atoms with Crippen LogP contribution in [0.4, 0.5) is 17.1 Å². The molecule has 3 rings (SSSR count). The minimum atomic E-state index is -0.263. The Hall–Kier alpha value is -3.38. The maximum Gasteiger partial charge on any atom is 0.248 e. The van der Waals surface area contributed by atoms with Crippen molar-refractivity contribution in [3.8, 4) is 0 Å². The zero-order chi connectivity index (χ0) is 20.6. The first kappa shape index (κ1) is 20.4. The van der Waals surface area contributed by atoms with Crippen LogP contribution in [0, 0.1) is 0 Å². The van der Waals surface area contributed by atoms with Gasteiger partial charge in [0.25, 0.3) is 0 Å². The average molecular weight is 450 g/mol. The van der Waals surface area contributed by atoms with Gasteiger partial charge in [0, 0.05) is 16.2 Å². The fraction of sp³-hybridized carbons (Fsp3) is 0.0435. The van der Waals surface area contributed by atoms with Gasteiger partial charge in [-0.3, -0.25) is 9.59 Å². The summed E-state index contributed by atoms with van der Waals surface area (Å²) in [5, 5.41) is 5.60. The lowest BCUT2D eigenvalue weighted by atomic mass is 10.1. The highest BCUT2D eigenvalue weighted by atomic mass is 79.9. The van der Waals surface area contributed by atoms with Gasteiger partial charge in [0.1, 0.15) is 0 Å². The zero-order valence-electron chi connectivity index (χ0n) is 15.6. The van der Waals surface area contributed by atoms with E-state index in [1.54, 1.807) is 24.3 Å². The van der Waals surface area contributed by atoms with Crippen LogP contribution >= 0.6 is 15.9 Å². The summed E-state index contributed by atoms with van der Waals surface area (Å²) in [4.78, 5) is 24.2. The predicted octanol–water partition coefficient (Wildman–Crippen LogP) is 4.86. The second-order valence-corrected chi connectivity index (χ2v) is 7.30. The van der Waals surface area contributed by atoms with E-state index in [2.05, 4.69) is 26.6 Å². The number of benzene rings is 3. The second kappa shape index (κ2) is 9.71. The van der Waals surface area contributed by atoms with Crippen molar-refractivity contribution in [2.75, 3.05) is 16.4 Å². The van der Waals surface area contributed by atoms with Gasteiger partial charge < -0.3 is 16.4 Å². The van der Waals surface area contributed by atoms with Gasteiger partial charge in [-0.1, -0.05) is 52.3 Å². The fourth-order valence-corrected chi connectivity index (χ4v) is 2.89. The Morgan fingerprint density at radius 2 is 1.59 bits per heavy atom. The lowest BCUT2D eigenvalue weighted by Gasteiger charge is -2.06. The predicted molar refractivity (Wildman–Crippen MR) is 121 cm³/mol. The zero-order valence-corrected chi connectivity index (χ0v) is 17.1. The molecule has 0 heterocycles. The molecule has 3 aromatic rings. The molecule has 0 radical (unpaired) electrons. The maximum atomic E-state index is 12.2. The van der Waals surface area contributed by atoms with Crippen LogP contribution in [0.1, 0.15) is 11.1 Å². The summed E-state index contributed by atoms with van der Waals surface area (Å²) >= 11 is 3.36. The summed E-state index contributed by atoms with van der Waals surface area (Å²) < 4.78 is 0.958. The molecule has 3 aromatic carbocycles. The normalized spacial score (nSPS) is 10.7. The Bertz CT molecular complexity index is 1030. The smallest absolute Gasteiger partial charge is 0.248 e. The molecule has 5 nitrogen and oxygen atoms in total. The quantitative estimate of drug-likeness (QED) is 0.370. The van der Waals surface area contributed by atoms with Gasteiger partial charge in [-0.25, -0.2) is 0 Å². The van der Waals surface area contributed by atoms with Gasteiger partial charge in [0.05, 0.1) is 17.8 Å². The second-order valence-electron chi connectivity index (χ2n) is 6.38. The van der Waals surface area contributed by atoms with Gasteiger partial charge in [0.15, 0.2) is 0 Å². The van der Waals surface area contributed by atoms with Crippen LogP contribution in [-0.2, 0) is 16.0 Å². The summed E-state index contributed by atoms with van der Waals surface area (Å²) in [6, 6.07) is 22.0. The summed E-state index contributed by atoms with van der Waals surface area (Å²) in [6.45, 7) is 0. The van der Waals surface area contributed by atoms with Crippen molar-refractivity contribution in [3.05, 3.63) is 94.5 Å². The molecule has 0 aliphatic carbocycles. The van der Waals surface area contributed by atoms with Crippen LogP contribution in [0.15, 0.2) is 83.3 Å². The van der Waals surface area contributed by atoms with E-state index in [0.29, 0.717) is 11.4 Å². The number of nitrogens with one attached hydrogen (secondary N) is 2. The first-order valence-corrected chi connectivity index (χ1v) is 9.77. The third kappa shape index (κ3) is 6.33. The Balaban J connectivity index is 1.53. The van der Waals surface area contributed by atoms with Crippen LogP contribution in [0.5, 0.6) is 0 Å². The minimum Gasteiger partial charge on any atom is -0.397 e. The summed E-state index contributed by atoms with van der Waals surface area (Å²) in [5.74, 6) is -0.351. The van der Waals surface area contributed by atoms with Gasteiger partial charge in [0.2, 0.25) is 11.8 Å². The molecule has 0 saturated carbocycles. The van der Waals surface area contributed by atoms with Crippen molar-refractivity contribution in [1.29, 1.82) is 0 Å². The van der Waals surface area contributed by atoms with Crippen molar-refractivity contribution >= 4 is 50.9 Å². The molecule has 29 heavy (non-hydrogen) atoms. The van der Waals surface area contributed by atoms with E-state index in [4.69, 9.17) is 5.73 Å². The Morgan fingerprint density at radius 1 is 0.897 bits per heavy atom. The molecule has 6 heteroatoms. The lowest BCUT2D eigenvalue weighted by molar-refractivity contribution is -0.115. The molecule has 0 saturated heterocycles. The Morgan fingerprint density at radius 3 is 2.28 bits per heavy atom. The molecular formula is C23H20BrN3O2. The van der Waals surface area contributed by atoms with E-state index in [1.165, 1.54) is 6.08 Å². The van der Waals surface area contributed by atoms with E-state index in [1.807, 2.05) is 54.6 Å². The van der Waals surface area contributed by atoms with E-state index >= 15 is 0 Å². The molecule has 0 aliphatic heterocycles. The topological polar surface area (TPSA) is 84.2 Å². The van der Waals surface area contributed by atoms with Crippen LogP contribution in [-0.4, -0.2) is 11.8 Å². The first-order chi connectivity index (χ1) is 14.0. The maximum absolute atomic E-state index is 12.2. The van der Waals surface area contributed by atoms with Crippen molar-refractivity contribution in [1.82, 2.24) is 0 Å². The monoisotopic (exact) mass is 449 g/mol. The van der Waals surface area contributed by atoms with Gasteiger partial charge in [-0.05, 0) is 53.6 Å². The number of rotatable bonds is 6. The number of anilines is 3. The van der Waals surface area contributed by atoms with Crippen LogP contribution in [0.2, 0.25) is 0 Å². The third-order valence-electron chi connectivity index (χ3n) is 4.12. The van der Waals surface area contributed by atoms with E-state index in [-0.39, 0.29) is 18.2 Å². The average Bonchev–Trinajstić information content (AvgIpc) is 2.71. The van der Waals surface area contributed by atoms with Crippen molar-refractivity contribution in [2.45, 2.75) is 6.42 Å². The molecule has 146 valence electrons. The molecule has 2 amide bonds. The highest BCUT2D eigenvalue weighted by Crippen LogP contribution is 2.17. The number of nitrogen functional groups attached to an aromatic ring is 1. The standard InChI is InChI=1S/C23H20BrN3O2/c24-18-10-12-19(13-11-18)26-23(29)15-17-7-5-16(6-8-17)9-14-22(28)27-21-4-2-1-3-20(21)25/h1-14H,15,25H2,(H,26,29)(H,27,28). The number of hydrogen-bond donors (Lipinski definition) is 3. The molecule has 0 bridgehead atoms. The molecular weight excluding hydrogens is 430 g/mol. The molecule has 0 aromatic heterocycles. The third-order valence-corrected chi connectivity index (χ3v) is 4.65. The molecule has 4 N–H and O–H groups in total. The number of carbonyl (C=O) groups excluding carboxylic acids is 2. The lowest BCUT2D eigenvalue weighted by Crippen LogP contribution is -2.14. The summed E-state index contributed by atoms with van der Waals surface area (Å²) in [6.07, 6.45) is 3.43. The van der Waals surface area contributed by atoms with Crippen molar-refractivity contribution in [3.63, 3.8) is 0 Å². The highest BCUT2D eigenvalue weighted by Gasteiger charge is 2.05. The minimum absolute atomic E-state index is 0.0876. The van der Waals surface area contributed by atoms with Crippen LogP contribution in [0.25, 0.3) is 6.08 Å². The van der Waals surface area contributed by atoms with Crippen LogP contribution in [0.3, 0.4) is 0 Å². The highest BCUT2D eigenvalue weighted by molar-refractivity contribution is 9.10. The van der Waals surface area contributed by atoms with E-state index in [0.717, 1.165) is 21.3 Å². The largest absolute Gasteiger partial charge is 0.397 e. The SMILES string of the molecule is Nc1ccccc1NC(=O)C=Cc1ccc(CC(=O)Nc2ccc(Br)cc2)cc1. The number of nitrogens with two attached hydrogens (primary N) is 1. The van der Waals surface area contributed by atoms with Crippen molar-refractivity contribution in [2.24, 2.45) is 0 Å². The molecule has 0 aliphatic rings. The molecule has 0 atom stereocenters. The summed E-state index contributed by atoms with van der Waals surface area (Å²) in [5.41, 5.74) is 9.41. The van der Waals surface area contributed by atoms with Gasteiger partial charge in [-0.15, -0.1) is 0 Å². The fourth-order valence-electron chi connectivity index (χ4n) is 2.63. The summed E-state index contributed by atoms with van der Waals surface area (Å²) in [7, 11) is 0. The molecule has 0 unspecified atom stereocenters. The van der Waals surface area contributed by atoms with E-state index in [9.17, 15) is 9.59 Å². The number of amides is 2.